The van der Waals surface area contributed by atoms with Crippen LogP contribution in [0.25, 0.3) is 6.08 Å². The molecule has 0 amide bonds. The van der Waals surface area contributed by atoms with E-state index < -0.39 is 11.9 Å². The first-order valence-corrected chi connectivity index (χ1v) is 12.2. The second-order valence-corrected chi connectivity index (χ2v) is 8.35. The van der Waals surface area contributed by atoms with Gasteiger partial charge in [0.1, 0.15) is 5.75 Å². The molecule has 38 heavy (non-hydrogen) atoms. The summed E-state index contributed by atoms with van der Waals surface area (Å²) in [5.74, 6) is -0.678. The molecule has 0 atom stereocenters. The number of ketones is 1. The van der Waals surface area contributed by atoms with Gasteiger partial charge in [-0.3, -0.25) is 14.4 Å². The number of hydrogen-bond acceptors (Lipinski definition) is 6. The molecule has 3 aromatic rings. The molecule has 0 radical (unpaired) electrons. The smallest absolute Gasteiger partial charge is 0.307 e. The summed E-state index contributed by atoms with van der Waals surface area (Å²) in [5, 5.41) is 18.0. The van der Waals surface area contributed by atoms with Gasteiger partial charge >= 0.3 is 11.9 Å². The van der Waals surface area contributed by atoms with E-state index in [4.69, 9.17) is 24.4 Å². The van der Waals surface area contributed by atoms with Crippen LogP contribution >= 0.6 is 0 Å². The van der Waals surface area contributed by atoms with Crippen LogP contribution in [0.5, 0.6) is 17.2 Å². The third-order valence-corrected chi connectivity index (χ3v) is 5.36. The zero-order valence-electron chi connectivity index (χ0n) is 20.9. The summed E-state index contributed by atoms with van der Waals surface area (Å²) >= 11 is 0. The summed E-state index contributed by atoms with van der Waals surface area (Å²) in [4.78, 5) is 34.7. The molecule has 0 saturated carbocycles. The van der Waals surface area contributed by atoms with Gasteiger partial charge in [-0.05, 0) is 54.8 Å². The van der Waals surface area contributed by atoms with Gasteiger partial charge < -0.3 is 24.4 Å². The van der Waals surface area contributed by atoms with E-state index in [1.807, 2.05) is 30.3 Å². The molecule has 8 nitrogen and oxygen atoms in total. The predicted molar refractivity (Wildman–Crippen MR) is 142 cm³/mol. The molecule has 198 valence electrons. The van der Waals surface area contributed by atoms with Crippen molar-refractivity contribution >= 4 is 23.8 Å². The fourth-order valence-electron chi connectivity index (χ4n) is 3.54. The lowest BCUT2D eigenvalue weighted by molar-refractivity contribution is -0.138. The van der Waals surface area contributed by atoms with Crippen LogP contribution in [0.2, 0.25) is 0 Å². The van der Waals surface area contributed by atoms with E-state index in [0.29, 0.717) is 41.4 Å². The molecule has 0 spiro atoms. The number of carboxylic acid groups (broad SMARTS) is 2. The number of hydrogen-bond donors (Lipinski definition) is 2. The van der Waals surface area contributed by atoms with E-state index in [-0.39, 0.29) is 25.2 Å². The van der Waals surface area contributed by atoms with Crippen molar-refractivity contribution in [2.24, 2.45) is 0 Å². The normalized spacial score (nSPS) is 10.7. The largest absolute Gasteiger partial charge is 0.494 e. The number of rotatable bonds is 16. The number of aliphatic carboxylic acids is 2. The molecule has 0 fully saturated rings. The van der Waals surface area contributed by atoms with Crippen molar-refractivity contribution in [2.75, 3.05) is 19.8 Å². The first kappa shape index (κ1) is 28.0. The Kier molecular flexibility index (Phi) is 10.9. The van der Waals surface area contributed by atoms with Gasteiger partial charge in [0.25, 0.3) is 0 Å². The zero-order valence-corrected chi connectivity index (χ0v) is 20.9. The van der Waals surface area contributed by atoms with Gasteiger partial charge in [-0.25, -0.2) is 0 Å². The van der Waals surface area contributed by atoms with E-state index in [1.165, 1.54) is 6.08 Å². The van der Waals surface area contributed by atoms with Gasteiger partial charge in [0.15, 0.2) is 17.3 Å². The van der Waals surface area contributed by atoms with E-state index in [0.717, 1.165) is 18.6 Å². The molecule has 0 aliphatic rings. The van der Waals surface area contributed by atoms with E-state index in [1.54, 1.807) is 48.5 Å². The highest BCUT2D eigenvalue weighted by Crippen LogP contribution is 2.33. The number of unbranched alkanes of at least 4 members (excludes halogenated alkanes) is 1. The summed E-state index contributed by atoms with van der Waals surface area (Å²) < 4.78 is 17.4. The van der Waals surface area contributed by atoms with E-state index >= 15 is 0 Å². The number of benzene rings is 3. The summed E-state index contributed by atoms with van der Waals surface area (Å²) in [6.45, 7) is 0.885. The quantitative estimate of drug-likeness (QED) is 0.149. The van der Waals surface area contributed by atoms with Crippen molar-refractivity contribution in [3.63, 3.8) is 0 Å². The van der Waals surface area contributed by atoms with Gasteiger partial charge in [-0.2, -0.15) is 0 Å². The molecule has 3 rings (SSSR count). The predicted octanol–water partition coefficient (Wildman–Crippen LogP) is 5.30. The minimum atomic E-state index is -0.990. The second kappa shape index (κ2) is 14.8. The van der Waals surface area contributed by atoms with Crippen LogP contribution in [0.15, 0.2) is 78.9 Å². The highest BCUT2D eigenvalue weighted by atomic mass is 16.5. The lowest BCUT2D eigenvalue weighted by Crippen LogP contribution is -2.08. The number of carboxylic acids is 2. The van der Waals surface area contributed by atoms with Crippen molar-refractivity contribution in [3.05, 3.63) is 95.6 Å². The molecule has 0 aromatic heterocycles. The minimum Gasteiger partial charge on any atom is -0.494 e. The van der Waals surface area contributed by atoms with E-state index in [9.17, 15) is 14.4 Å². The molecule has 3 aromatic carbocycles. The van der Waals surface area contributed by atoms with Gasteiger partial charge in [0.2, 0.25) is 0 Å². The molecule has 0 aliphatic carbocycles. The number of ether oxygens (including phenoxy) is 3. The molecule has 0 unspecified atom stereocenters. The minimum absolute atomic E-state index is 0.0629. The van der Waals surface area contributed by atoms with Crippen molar-refractivity contribution in [1.29, 1.82) is 0 Å². The average Bonchev–Trinajstić information content (AvgIpc) is 2.90. The van der Waals surface area contributed by atoms with E-state index in [2.05, 4.69) is 0 Å². The maximum atomic E-state index is 12.7. The van der Waals surface area contributed by atoms with Gasteiger partial charge in [-0.1, -0.05) is 48.5 Å². The third-order valence-electron chi connectivity index (χ3n) is 5.36. The van der Waals surface area contributed by atoms with Crippen LogP contribution in [0.4, 0.5) is 0 Å². The first-order chi connectivity index (χ1) is 18.4. The highest BCUT2D eigenvalue weighted by molar-refractivity contribution is 6.07. The summed E-state index contributed by atoms with van der Waals surface area (Å²) in [6, 6.07) is 21.2. The maximum Gasteiger partial charge on any atom is 0.307 e. The molecule has 2 N–H and O–H groups in total. The van der Waals surface area contributed by atoms with Crippen molar-refractivity contribution in [3.8, 4) is 17.2 Å². The second-order valence-electron chi connectivity index (χ2n) is 8.35. The monoisotopic (exact) mass is 518 g/mol. The highest BCUT2D eigenvalue weighted by Gasteiger charge is 2.12. The van der Waals surface area contributed by atoms with Crippen LogP contribution in [-0.4, -0.2) is 47.8 Å². The van der Waals surface area contributed by atoms with Crippen LogP contribution in [0, 0.1) is 0 Å². The Balaban J connectivity index is 1.65. The summed E-state index contributed by atoms with van der Waals surface area (Å²) in [6.07, 6.45) is 4.08. The standard InChI is InChI=1S/C30H30O8/c31-26(24-10-6-8-22(20-24)21-29(34)35)15-14-23-9-7-13-27(30(23)38-19-16-28(32)33)37-18-5-4-17-36-25-11-2-1-3-12-25/h1-3,6-15,20H,4-5,16-19,21H2,(H,32,33)(H,34,35). The third kappa shape index (κ3) is 9.46. The van der Waals surface area contributed by atoms with Gasteiger partial charge in [0, 0.05) is 11.1 Å². The molecule has 0 aliphatic heterocycles. The molecule has 0 saturated heterocycles. The number of para-hydroxylation sites is 2. The average molecular weight is 519 g/mol. The SMILES string of the molecule is O=C(O)CCOc1c(C=CC(=O)c2cccc(CC(=O)O)c2)cccc1OCCCCOc1ccccc1. The van der Waals surface area contributed by atoms with Crippen LogP contribution in [0.1, 0.15) is 40.7 Å². The van der Waals surface area contributed by atoms with Gasteiger partial charge in [0.05, 0.1) is 32.7 Å². The Morgan fingerprint density at radius 1 is 0.737 bits per heavy atom. The molecular weight excluding hydrogens is 488 g/mol. The Morgan fingerprint density at radius 3 is 2.21 bits per heavy atom. The van der Waals surface area contributed by atoms with Gasteiger partial charge in [-0.15, -0.1) is 0 Å². The summed E-state index contributed by atoms with van der Waals surface area (Å²) in [5.41, 5.74) is 1.44. The maximum absolute atomic E-state index is 12.7. The Hall–Kier alpha value is -4.59. The Bertz CT molecular complexity index is 1250. The molecule has 0 bridgehead atoms. The van der Waals surface area contributed by atoms with Crippen LogP contribution in [0.3, 0.4) is 0 Å². The Morgan fingerprint density at radius 2 is 1.47 bits per heavy atom. The lowest BCUT2D eigenvalue weighted by Gasteiger charge is -2.15. The first-order valence-electron chi connectivity index (χ1n) is 12.2. The zero-order chi connectivity index (χ0) is 27.2. The fraction of sp³-hybridized carbons (Fsp3) is 0.233. The topological polar surface area (TPSA) is 119 Å². The van der Waals surface area contributed by atoms with Crippen molar-refractivity contribution in [2.45, 2.75) is 25.7 Å². The Labute approximate surface area is 221 Å². The van der Waals surface area contributed by atoms with Crippen LogP contribution < -0.4 is 14.2 Å². The van der Waals surface area contributed by atoms with Crippen molar-refractivity contribution in [1.82, 2.24) is 0 Å². The number of carbonyl (C=O) groups is 3. The fourth-order valence-corrected chi connectivity index (χ4v) is 3.54. The number of allylic oxidation sites excluding steroid dienone is 1. The molecule has 0 heterocycles. The lowest BCUT2D eigenvalue weighted by atomic mass is 10.0. The van der Waals surface area contributed by atoms with Crippen molar-refractivity contribution < 1.29 is 38.8 Å². The number of carbonyl (C=O) groups excluding carboxylic acids is 1. The molecular formula is C30H30O8. The molecule has 8 heteroatoms. The van der Waals surface area contributed by atoms with Crippen LogP contribution in [-0.2, 0) is 16.0 Å². The summed E-state index contributed by atoms with van der Waals surface area (Å²) in [7, 11) is 0.